The molecule has 0 aliphatic carbocycles. The molecule has 0 unspecified atom stereocenters. The van der Waals surface area contributed by atoms with Crippen LogP contribution < -0.4 is 0 Å². The van der Waals surface area contributed by atoms with Crippen LogP contribution in [0.2, 0.25) is 0 Å². The zero-order valence-corrected chi connectivity index (χ0v) is 14.3. The van der Waals surface area contributed by atoms with E-state index in [4.69, 9.17) is 0 Å². The highest BCUT2D eigenvalue weighted by molar-refractivity contribution is 5.85. The van der Waals surface area contributed by atoms with Gasteiger partial charge in [-0.1, -0.05) is 24.6 Å². The number of hydrogen-bond donors (Lipinski definition) is 0. The standard InChI is InChI=1S/C21H19F3N2/c22-17-10-14(11-18(23)21(17)24)20-12-15(13-26-8-4-1-5-9-26)16-6-2-3-7-19(16)25-20/h2-3,6-7,10-12H,1,4-5,8-9,13H2. The lowest BCUT2D eigenvalue weighted by atomic mass is 10.0. The van der Waals surface area contributed by atoms with Crippen molar-refractivity contribution in [1.82, 2.24) is 9.88 Å². The van der Waals surface area contributed by atoms with Crippen LogP contribution in [0.1, 0.15) is 24.8 Å². The van der Waals surface area contributed by atoms with Crippen molar-refractivity contribution in [1.29, 1.82) is 0 Å². The number of hydrogen-bond acceptors (Lipinski definition) is 2. The second-order valence-electron chi connectivity index (χ2n) is 6.77. The van der Waals surface area contributed by atoms with E-state index in [0.29, 0.717) is 5.69 Å². The molecule has 0 N–H and O–H groups in total. The monoisotopic (exact) mass is 356 g/mol. The average molecular weight is 356 g/mol. The van der Waals surface area contributed by atoms with Crippen LogP contribution in [-0.2, 0) is 6.54 Å². The number of halogens is 3. The number of piperidine rings is 1. The maximum atomic E-state index is 13.7. The van der Waals surface area contributed by atoms with Crippen LogP contribution in [0.3, 0.4) is 0 Å². The third kappa shape index (κ3) is 3.31. The molecule has 0 radical (unpaired) electrons. The van der Waals surface area contributed by atoms with Crippen LogP contribution in [0.5, 0.6) is 0 Å². The lowest BCUT2D eigenvalue weighted by molar-refractivity contribution is 0.221. The Morgan fingerprint density at radius 1 is 0.885 bits per heavy atom. The van der Waals surface area contributed by atoms with E-state index < -0.39 is 17.5 Å². The zero-order valence-electron chi connectivity index (χ0n) is 14.3. The minimum Gasteiger partial charge on any atom is -0.299 e. The van der Waals surface area contributed by atoms with Crippen molar-refractivity contribution in [3.05, 3.63) is 65.5 Å². The van der Waals surface area contributed by atoms with Crippen molar-refractivity contribution in [2.45, 2.75) is 25.8 Å². The highest BCUT2D eigenvalue weighted by Crippen LogP contribution is 2.28. The molecule has 0 amide bonds. The van der Waals surface area contributed by atoms with E-state index in [2.05, 4.69) is 9.88 Å². The fourth-order valence-electron chi connectivity index (χ4n) is 3.59. The molecule has 2 heterocycles. The van der Waals surface area contributed by atoms with Gasteiger partial charge in [-0.05, 0) is 55.8 Å². The molecule has 0 atom stereocenters. The molecule has 5 heteroatoms. The summed E-state index contributed by atoms with van der Waals surface area (Å²) >= 11 is 0. The van der Waals surface area contributed by atoms with Crippen LogP contribution in [0.15, 0.2) is 42.5 Å². The van der Waals surface area contributed by atoms with Crippen LogP contribution in [0.4, 0.5) is 13.2 Å². The van der Waals surface area contributed by atoms with Gasteiger partial charge in [0.2, 0.25) is 0 Å². The van der Waals surface area contributed by atoms with Crippen molar-refractivity contribution >= 4 is 10.9 Å². The summed E-state index contributed by atoms with van der Waals surface area (Å²) in [5.74, 6) is -3.86. The summed E-state index contributed by atoms with van der Waals surface area (Å²) in [4.78, 5) is 6.93. The molecular weight excluding hydrogens is 337 g/mol. The Balaban J connectivity index is 1.80. The third-order valence-electron chi connectivity index (χ3n) is 4.92. The van der Waals surface area contributed by atoms with Gasteiger partial charge < -0.3 is 0 Å². The molecule has 2 aromatic carbocycles. The number of pyridine rings is 1. The van der Waals surface area contributed by atoms with Crippen LogP contribution in [-0.4, -0.2) is 23.0 Å². The molecule has 2 nitrogen and oxygen atoms in total. The molecule has 0 bridgehead atoms. The predicted molar refractivity (Wildman–Crippen MR) is 96.2 cm³/mol. The number of nitrogens with zero attached hydrogens (tertiary/aromatic N) is 2. The molecule has 3 aromatic rings. The fourth-order valence-corrected chi connectivity index (χ4v) is 3.59. The Morgan fingerprint density at radius 3 is 2.31 bits per heavy atom. The first-order chi connectivity index (χ1) is 12.6. The van der Waals surface area contributed by atoms with Gasteiger partial charge in [0, 0.05) is 17.5 Å². The highest BCUT2D eigenvalue weighted by Gasteiger charge is 2.16. The van der Waals surface area contributed by atoms with Gasteiger partial charge in [-0.15, -0.1) is 0 Å². The van der Waals surface area contributed by atoms with E-state index in [1.807, 2.05) is 30.3 Å². The van der Waals surface area contributed by atoms with Crippen LogP contribution in [0, 0.1) is 17.5 Å². The molecule has 1 saturated heterocycles. The predicted octanol–water partition coefficient (Wildman–Crippen LogP) is 5.31. The van der Waals surface area contributed by atoms with Gasteiger partial charge in [-0.3, -0.25) is 4.90 Å². The van der Waals surface area contributed by atoms with E-state index >= 15 is 0 Å². The normalized spacial score (nSPS) is 15.5. The second kappa shape index (κ2) is 7.08. The van der Waals surface area contributed by atoms with Gasteiger partial charge in [0.1, 0.15) is 0 Å². The first-order valence-corrected chi connectivity index (χ1v) is 8.88. The number of aromatic nitrogens is 1. The lowest BCUT2D eigenvalue weighted by Crippen LogP contribution is -2.29. The van der Waals surface area contributed by atoms with Gasteiger partial charge in [0.15, 0.2) is 17.5 Å². The maximum absolute atomic E-state index is 13.7. The number of fused-ring (bicyclic) bond motifs is 1. The molecule has 1 aliphatic rings. The van der Waals surface area contributed by atoms with E-state index in [0.717, 1.165) is 48.2 Å². The van der Waals surface area contributed by atoms with Crippen molar-refractivity contribution in [3.63, 3.8) is 0 Å². The molecule has 1 fully saturated rings. The number of para-hydroxylation sites is 1. The van der Waals surface area contributed by atoms with Gasteiger partial charge in [0.05, 0.1) is 11.2 Å². The van der Waals surface area contributed by atoms with E-state index in [1.54, 1.807) is 0 Å². The van der Waals surface area contributed by atoms with E-state index in [1.165, 1.54) is 19.3 Å². The zero-order chi connectivity index (χ0) is 18.1. The Hall–Kier alpha value is -2.40. The second-order valence-corrected chi connectivity index (χ2v) is 6.77. The largest absolute Gasteiger partial charge is 0.299 e. The quantitative estimate of drug-likeness (QED) is 0.592. The van der Waals surface area contributed by atoms with Gasteiger partial charge >= 0.3 is 0 Å². The van der Waals surface area contributed by atoms with Gasteiger partial charge in [-0.25, -0.2) is 18.2 Å². The first-order valence-electron chi connectivity index (χ1n) is 8.88. The molecule has 0 spiro atoms. The third-order valence-corrected chi connectivity index (χ3v) is 4.92. The smallest absolute Gasteiger partial charge is 0.194 e. The fraction of sp³-hybridized carbons (Fsp3) is 0.286. The molecule has 4 rings (SSSR count). The first kappa shape index (κ1) is 17.0. The van der Waals surface area contributed by atoms with E-state index in [9.17, 15) is 13.2 Å². The molecule has 1 aliphatic heterocycles. The summed E-state index contributed by atoms with van der Waals surface area (Å²) in [5.41, 5.74) is 2.53. The number of likely N-dealkylation sites (tertiary alicyclic amines) is 1. The molecule has 0 saturated carbocycles. The summed E-state index contributed by atoms with van der Waals surface area (Å²) in [6.07, 6.45) is 3.63. The van der Waals surface area contributed by atoms with Gasteiger partial charge in [-0.2, -0.15) is 0 Å². The minimum absolute atomic E-state index is 0.243. The topological polar surface area (TPSA) is 16.1 Å². The van der Waals surface area contributed by atoms with Gasteiger partial charge in [0.25, 0.3) is 0 Å². The molecule has 134 valence electrons. The average Bonchev–Trinajstić information content (AvgIpc) is 2.66. The summed E-state index contributed by atoms with van der Waals surface area (Å²) in [5, 5.41) is 1.03. The number of benzene rings is 2. The number of rotatable bonds is 3. The van der Waals surface area contributed by atoms with Crippen LogP contribution in [0.25, 0.3) is 22.2 Å². The molecule has 26 heavy (non-hydrogen) atoms. The molecule has 1 aromatic heterocycles. The van der Waals surface area contributed by atoms with Crippen molar-refractivity contribution in [2.75, 3.05) is 13.1 Å². The highest BCUT2D eigenvalue weighted by atomic mass is 19.2. The Morgan fingerprint density at radius 2 is 1.58 bits per heavy atom. The van der Waals surface area contributed by atoms with Crippen molar-refractivity contribution in [3.8, 4) is 11.3 Å². The van der Waals surface area contributed by atoms with E-state index in [-0.39, 0.29) is 5.56 Å². The van der Waals surface area contributed by atoms with Crippen LogP contribution >= 0.6 is 0 Å². The Kier molecular flexibility index (Phi) is 4.64. The molecular formula is C21H19F3N2. The summed E-state index contributed by atoms with van der Waals surface area (Å²) in [6, 6.07) is 11.6. The summed E-state index contributed by atoms with van der Waals surface area (Å²) < 4.78 is 40.6. The maximum Gasteiger partial charge on any atom is 0.194 e. The van der Waals surface area contributed by atoms with Crippen molar-refractivity contribution < 1.29 is 13.2 Å². The Bertz CT molecular complexity index is 926. The Labute approximate surface area is 150 Å². The SMILES string of the molecule is Fc1cc(-c2cc(CN3CCCCC3)c3ccccc3n2)cc(F)c1F. The lowest BCUT2D eigenvalue weighted by Gasteiger charge is -2.27. The van der Waals surface area contributed by atoms with Crippen molar-refractivity contribution in [2.24, 2.45) is 0 Å². The summed E-state index contributed by atoms with van der Waals surface area (Å²) in [6.45, 7) is 2.86. The minimum atomic E-state index is -1.46. The summed E-state index contributed by atoms with van der Waals surface area (Å²) in [7, 11) is 0.